The molecular weight excluding hydrogens is 460 g/mol. The van der Waals surface area contributed by atoms with Gasteiger partial charge in [0.15, 0.2) is 0 Å². The van der Waals surface area contributed by atoms with E-state index >= 15 is 0 Å². The first-order valence-electron chi connectivity index (χ1n) is 14.1. The molecule has 0 unspecified atom stereocenters. The van der Waals surface area contributed by atoms with Crippen LogP contribution in [0.1, 0.15) is 51.4 Å². The molecule has 0 N–H and O–H groups in total. The van der Waals surface area contributed by atoms with Crippen LogP contribution in [0.15, 0.2) is 155 Å². The first-order chi connectivity index (χ1) is 18.9. The Labute approximate surface area is 227 Å². The van der Waals surface area contributed by atoms with E-state index in [0.717, 1.165) is 51.4 Å². The largest absolute Gasteiger partial charge is 0.315 e. The second-order valence-electron chi connectivity index (χ2n) is 10.3. The zero-order chi connectivity index (χ0) is 25.6. The monoisotopic (exact) mass is 496 g/mol. The van der Waals surface area contributed by atoms with Crippen molar-refractivity contribution < 1.29 is 0 Å². The molecule has 38 heavy (non-hydrogen) atoms. The van der Waals surface area contributed by atoms with E-state index in [-0.39, 0.29) is 0 Å². The zero-order valence-electron chi connectivity index (χ0n) is 22.1. The molecule has 4 aliphatic rings. The number of para-hydroxylation sites is 2. The predicted octanol–water partition coefficient (Wildman–Crippen LogP) is 9.68. The van der Waals surface area contributed by atoms with Crippen LogP contribution < -0.4 is 9.80 Å². The molecule has 2 aromatic carbocycles. The standard InChI is InChI=1S/C36H36N2/c1-5-13-31(14-6-1)37(32-15-7-2-8-16-32)35-25-21-29(22-26-35)30-23-27-36(28-24-30)38(33-17-9-3-10-18-33)34-19-11-4-12-20-34/h1,3,5-7,9-11,13-21,23,25,27H,2,4,8,12,22,24,26,28H2. The molecule has 0 bridgehead atoms. The summed E-state index contributed by atoms with van der Waals surface area (Å²) in [4.78, 5) is 4.89. The Hall–Kier alpha value is -4.04. The third kappa shape index (κ3) is 5.31. The first-order valence-corrected chi connectivity index (χ1v) is 14.1. The Morgan fingerprint density at radius 1 is 0.447 bits per heavy atom. The van der Waals surface area contributed by atoms with E-state index in [4.69, 9.17) is 0 Å². The van der Waals surface area contributed by atoms with E-state index in [2.05, 4.69) is 131 Å². The molecule has 0 radical (unpaired) electrons. The van der Waals surface area contributed by atoms with Crippen molar-refractivity contribution in [1.29, 1.82) is 0 Å². The maximum atomic E-state index is 2.44. The van der Waals surface area contributed by atoms with Gasteiger partial charge in [-0.3, -0.25) is 0 Å². The summed E-state index contributed by atoms with van der Waals surface area (Å²) in [5.74, 6) is 0. The van der Waals surface area contributed by atoms with E-state index < -0.39 is 0 Å². The quantitative estimate of drug-likeness (QED) is 0.376. The summed E-state index contributed by atoms with van der Waals surface area (Å²) in [6.45, 7) is 0. The summed E-state index contributed by atoms with van der Waals surface area (Å²) in [7, 11) is 0. The van der Waals surface area contributed by atoms with Gasteiger partial charge in [-0.25, -0.2) is 0 Å². The van der Waals surface area contributed by atoms with Gasteiger partial charge in [0.25, 0.3) is 0 Å². The Morgan fingerprint density at radius 3 is 1.24 bits per heavy atom. The number of benzene rings is 2. The molecule has 0 saturated heterocycles. The van der Waals surface area contributed by atoms with Gasteiger partial charge in [-0.2, -0.15) is 0 Å². The Kier molecular flexibility index (Phi) is 7.40. The molecule has 4 aliphatic carbocycles. The molecule has 0 amide bonds. The smallest absolute Gasteiger partial charge is 0.0458 e. The lowest BCUT2D eigenvalue weighted by molar-refractivity contribution is 0.814. The van der Waals surface area contributed by atoms with Crippen molar-refractivity contribution in [3.63, 3.8) is 0 Å². The minimum atomic E-state index is 1.05. The summed E-state index contributed by atoms with van der Waals surface area (Å²) in [5.41, 5.74) is 10.8. The topological polar surface area (TPSA) is 6.48 Å². The Balaban J connectivity index is 1.26. The van der Waals surface area contributed by atoms with Crippen LogP contribution in [-0.4, -0.2) is 0 Å². The third-order valence-corrected chi connectivity index (χ3v) is 7.74. The van der Waals surface area contributed by atoms with Gasteiger partial charge >= 0.3 is 0 Å². The molecule has 6 rings (SSSR count). The van der Waals surface area contributed by atoms with Crippen molar-refractivity contribution in [2.24, 2.45) is 0 Å². The lowest BCUT2D eigenvalue weighted by Crippen LogP contribution is -2.23. The molecule has 0 heterocycles. The molecular formula is C36H36N2. The van der Waals surface area contributed by atoms with E-state index in [9.17, 15) is 0 Å². The molecule has 0 atom stereocenters. The SMILES string of the molecule is C1=CC(N(C2=CC=C(C3=CC=C(N(C4=CCCC=C4)c4ccccc4)CC3)CC2)c2ccccc2)=CCC1. The molecule has 2 nitrogen and oxygen atoms in total. The fraction of sp³-hybridized carbons (Fsp3) is 0.222. The first kappa shape index (κ1) is 24.3. The Bertz CT molecular complexity index is 1280. The second-order valence-corrected chi connectivity index (χ2v) is 10.3. The summed E-state index contributed by atoms with van der Waals surface area (Å²) in [6, 6.07) is 21.6. The number of nitrogens with zero attached hydrogens (tertiary/aromatic N) is 2. The van der Waals surface area contributed by atoms with Crippen molar-refractivity contribution in [2.75, 3.05) is 9.80 Å². The van der Waals surface area contributed by atoms with Gasteiger partial charge in [-0.1, -0.05) is 72.9 Å². The maximum absolute atomic E-state index is 2.44. The van der Waals surface area contributed by atoms with Crippen molar-refractivity contribution in [1.82, 2.24) is 0 Å². The molecule has 0 aliphatic heterocycles. The van der Waals surface area contributed by atoms with Crippen LogP contribution in [-0.2, 0) is 0 Å². The highest BCUT2D eigenvalue weighted by molar-refractivity contribution is 5.64. The van der Waals surface area contributed by atoms with Gasteiger partial charge in [-0.15, -0.1) is 0 Å². The molecule has 0 saturated carbocycles. The van der Waals surface area contributed by atoms with Gasteiger partial charge in [0.2, 0.25) is 0 Å². The van der Waals surface area contributed by atoms with Crippen molar-refractivity contribution in [2.45, 2.75) is 51.4 Å². The highest BCUT2D eigenvalue weighted by atomic mass is 15.2. The summed E-state index contributed by atoms with van der Waals surface area (Å²) >= 11 is 0. The van der Waals surface area contributed by atoms with Crippen LogP contribution in [0.5, 0.6) is 0 Å². The van der Waals surface area contributed by atoms with Crippen LogP contribution in [0.25, 0.3) is 0 Å². The van der Waals surface area contributed by atoms with E-state index in [1.807, 2.05) is 0 Å². The van der Waals surface area contributed by atoms with E-state index in [1.165, 1.54) is 45.3 Å². The van der Waals surface area contributed by atoms with Crippen LogP contribution >= 0.6 is 0 Å². The van der Waals surface area contributed by atoms with Crippen LogP contribution in [0.3, 0.4) is 0 Å². The maximum Gasteiger partial charge on any atom is 0.0458 e. The number of allylic oxidation sites excluding steroid dienone is 14. The highest BCUT2D eigenvalue weighted by Crippen LogP contribution is 2.37. The van der Waals surface area contributed by atoms with Crippen molar-refractivity contribution >= 4 is 11.4 Å². The fourth-order valence-corrected chi connectivity index (χ4v) is 5.81. The normalized spacial score (nSPS) is 18.9. The average molecular weight is 497 g/mol. The summed E-state index contributed by atoms with van der Waals surface area (Å²) < 4.78 is 0. The molecule has 0 spiro atoms. The minimum absolute atomic E-state index is 1.05. The fourth-order valence-electron chi connectivity index (χ4n) is 5.81. The molecule has 2 heteroatoms. The predicted molar refractivity (Wildman–Crippen MR) is 162 cm³/mol. The van der Waals surface area contributed by atoms with Crippen LogP contribution in [0.2, 0.25) is 0 Å². The lowest BCUT2D eigenvalue weighted by Gasteiger charge is -2.33. The average Bonchev–Trinajstić information content (AvgIpc) is 3.00. The summed E-state index contributed by atoms with van der Waals surface area (Å²) in [5, 5.41) is 0. The van der Waals surface area contributed by atoms with Crippen molar-refractivity contribution in [3.05, 3.63) is 155 Å². The van der Waals surface area contributed by atoms with Crippen molar-refractivity contribution in [3.8, 4) is 0 Å². The summed E-state index contributed by atoms with van der Waals surface area (Å²) in [6.07, 6.45) is 32.1. The third-order valence-electron chi connectivity index (χ3n) is 7.74. The number of hydrogen-bond acceptors (Lipinski definition) is 2. The van der Waals surface area contributed by atoms with Gasteiger partial charge in [0, 0.05) is 34.2 Å². The van der Waals surface area contributed by atoms with Gasteiger partial charge in [0.05, 0.1) is 0 Å². The number of rotatable bonds is 7. The highest BCUT2D eigenvalue weighted by Gasteiger charge is 2.22. The number of anilines is 2. The van der Waals surface area contributed by atoms with Crippen LogP contribution in [0.4, 0.5) is 11.4 Å². The van der Waals surface area contributed by atoms with Crippen LogP contribution in [0, 0.1) is 0 Å². The van der Waals surface area contributed by atoms with E-state index in [1.54, 1.807) is 0 Å². The van der Waals surface area contributed by atoms with Gasteiger partial charge < -0.3 is 9.80 Å². The molecule has 2 aromatic rings. The Morgan fingerprint density at radius 2 is 0.895 bits per heavy atom. The minimum Gasteiger partial charge on any atom is -0.315 e. The zero-order valence-corrected chi connectivity index (χ0v) is 22.1. The second kappa shape index (κ2) is 11.6. The molecule has 0 fully saturated rings. The van der Waals surface area contributed by atoms with E-state index in [0.29, 0.717) is 0 Å². The molecule has 190 valence electrons. The van der Waals surface area contributed by atoms with Gasteiger partial charge in [0.1, 0.15) is 0 Å². The lowest BCUT2D eigenvalue weighted by atomic mass is 9.89. The number of hydrogen-bond donors (Lipinski definition) is 0. The molecule has 0 aromatic heterocycles. The van der Waals surface area contributed by atoms with Gasteiger partial charge in [-0.05, 0) is 111 Å².